The molecule has 1 saturated heterocycles. The average Bonchev–Trinajstić information content (AvgIpc) is 3.49. The van der Waals surface area contributed by atoms with Crippen molar-refractivity contribution in [3.05, 3.63) is 74.6 Å². The first-order chi connectivity index (χ1) is 19.3. The van der Waals surface area contributed by atoms with Gasteiger partial charge in [0.1, 0.15) is 18.3 Å². The number of carbonyl (C=O) groups is 2. The van der Waals surface area contributed by atoms with Gasteiger partial charge in [0.15, 0.2) is 10.8 Å². The molecule has 0 spiro atoms. The van der Waals surface area contributed by atoms with Gasteiger partial charge in [-0.25, -0.2) is 18.6 Å². The number of carbonyl (C=O) groups excluding carboxylic acids is 1. The van der Waals surface area contributed by atoms with Crippen LogP contribution in [0.3, 0.4) is 0 Å². The number of rotatable bonds is 7. The summed E-state index contributed by atoms with van der Waals surface area (Å²) in [6.45, 7) is 4.28. The number of thiazole rings is 1. The van der Waals surface area contributed by atoms with Gasteiger partial charge in [-0.05, 0) is 38.1 Å². The SMILES string of the molecule is CCOC.Fc1cccc(Br)c1.NS.O=CC1=C(CN2CCC(/C=C/C(=O)O)C(F)C2)NC(c2nccs2)=NC1. The second kappa shape index (κ2) is 20.4. The number of nitrogens with one attached hydrogen (secondary N) is 1. The number of aliphatic imine (C=N–C) groups is 1. The van der Waals surface area contributed by atoms with Crippen LogP contribution in [0.1, 0.15) is 18.4 Å². The van der Waals surface area contributed by atoms with E-state index in [1.165, 1.54) is 29.5 Å². The number of aromatic nitrogens is 1. The Morgan fingerprint density at radius 1 is 1.43 bits per heavy atom. The first kappa shape index (κ1) is 35.5. The van der Waals surface area contributed by atoms with Crippen molar-refractivity contribution in [1.29, 1.82) is 0 Å². The van der Waals surface area contributed by atoms with E-state index in [1.807, 2.05) is 17.2 Å². The van der Waals surface area contributed by atoms with E-state index in [1.54, 1.807) is 25.4 Å². The van der Waals surface area contributed by atoms with Crippen molar-refractivity contribution in [3.63, 3.8) is 0 Å². The predicted octanol–water partition coefficient (Wildman–Crippen LogP) is 4.28. The number of benzene rings is 1. The first-order valence-corrected chi connectivity index (χ1v) is 14.3. The number of aliphatic carboxylic acids is 1. The number of alkyl halides is 1. The zero-order valence-electron chi connectivity index (χ0n) is 22.2. The number of nitrogens with zero attached hydrogens (tertiary/aromatic N) is 3. The quantitative estimate of drug-likeness (QED) is 0.197. The number of ether oxygens (including phenoxy) is 1. The van der Waals surface area contributed by atoms with Crippen LogP contribution in [0.2, 0.25) is 0 Å². The van der Waals surface area contributed by atoms with Gasteiger partial charge in [-0.15, -0.1) is 24.2 Å². The summed E-state index contributed by atoms with van der Waals surface area (Å²) >= 11 is 7.60. The number of amidine groups is 1. The number of likely N-dealkylation sites (tertiary alicyclic amines) is 1. The molecule has 14 heteroatoms. The van der Waals surface area contributed by atoms with Crippen LogP contribution in [-0.2, 0) is 14.3 Å². The van der Waals surface area contributed by atoms with E-state index in [-0.39, 0.29) is 18.9 Å². The smallest absolute Gasteiger partial charge is 0.327 e. The van der Waals surface area contributed by atoms with Crippen LogP contribution in [0.4, 0.5) is 8.78 Å². The van der Waals surface area contributed by atoms with Crippen molar-refractivity contribution in [2.75, 3.05) is 39.9 Å². The number of thiol groups is 1. The normalized spacial score (nSPS) is 18.6. The molecular formula is C26H34BrF2N5O4S2. The van der Waals surface area contributed by atoms with Crippen molar-refractivity contribution >= 4 is 58.2 Å². The van der Waals surface area contributed by atoms with Gasteiger partial charge >= 0.3 is 5.97 Å². The maximum absolute atomic E-state index is 14.4. The second-order valence-corrected chi connectivity index (χ2v) is 9.98. The summed E-state index contributed by atoms with van der Waals surface area (Å²) in [7, 11) is 1.68. The van der Waals surface area contributed by atoms with Crippen LogP contribution in [-0.4, -0.2) is 79.1 Å². The van der Waals surface area contributed by atoms with Crippen LogP contribution in [0.15, 0.2) is 68.7 Å². The molecular weight excluding hydrogens is 628 g/mol. The standard InChI is InChI=1S/C17H19FN4O3S.C6H4BrF.C3H8O.H3NS/c18-13-8-22(5-3-11(13)1-2-15(24)25)9-14-12(10-23)7-20-16(21-14)17-19-4-6-26-17;7-5-2-1-3-6(8)4-5;1-3-4-2;1-2/h1-2,4,6,10-11,13H,3,5,7-9H2,(H,20,21)(H,24,25);1-4H;3H2,1-2H3;2H,1H2/b2-1+;;;. The highest BCUT2D eigenvalue weighted by Crippen LogP contribution is 2.23. The Morgan fingerprint density at radius 3 is 2.65 bits per heavy atom. The van der Waals surface area contributed by atoms with E-state index in [4.69, 9.17) is 5.11 Å². The molecule has 0 bridgehead atoms. The lowest BCUT2D eigenvalue weighted by Crippen LogP contribution is -2.45. The zero-order valence-corrected chi connectivity index (χ0v) is 25.5. The molecule has 2 aromatic rings. The van der Waals surface area contributed by atoms with Crippen molar-refractivity contribution in [2.45, 2.75) is 19.5 Å². The van der Waals surface area contributed by atoms with E-state index in [2.05, 4.69) is 53.9 Å². The molecule has 0 aliphatic carbocycles. The van der Waals surface area contributed by atoms with Gasteiger partial charge in [0.2, 0.25) is 0 Å². The Hall–Kier alpha value is -2.49. The Kier molecular flexibility index (Phi) is 18.1. The van der Waals surface area contributed by atoms with E-state index < -0.39 is 18.1 Å². The summed E-state index contributed by atoms with van der Waals surface area (Å²) in [5.74, 6) is -1.05. The molecule has 1 aromatic carbocycles. The number of piperidine rings is 1. The summed E-state index contributed by atoms with van der Waals surface area (Å²) in [5.41, 5.74) is 1.26. The number of allylic oxidation sites excluding steroid dienone is 1. The van der Waals surface area contributed by atoms with Gasteiger partial charge in [0, 0.05) is 66.1 Å². The molecule has 4 rings (SSSR count). The summed E-state index contributed by atoms with van der Waals surface area (Å²) in [5, 5.41) is 18.6. The number of methoxy groups -OCH3 is 1. The highest BCUT2D eigenvalue weighted by molar-refractivity contribution is 9.10. The van der Waals surface area contributed by atoms with Crippen LogP contribution in [0.5, 0.6) is 0 Å². The van der Waals surface area contributed by atoms with Crippen molar-refractivity contribution < 1.29 is 28.2 Å². The summed E-state index contributed by atoms with van der Waals surface area (Å²) in [4.78, 5) is 32.4. The van der Waals surface area contributed by atoms with Gasteiger partial charge in [0.05, 0.1) is 6.54 Å². The van der Waals surface area contributed by atoms with Gasteiger partial charge in [0.25, 0.3) is 0 Å². The van der Waals surface area contributed by atoms with Crippen LogP contribution >= 0.6 is 40.1 Å². The minimum atomic E-state index is -1.14. The Bertz CT molecular complexity index is 1120. The maximum atomic E-state index is 14.4. The molecule has 2 aliphatic rings. The Balaban J connectivity index is 0.000000472. The van der Waals surface area contributed by atoms with Gasteiger partial charge < -0.3 is 15.2 Å². The number of nitrogens with two attached hydrogens (primary N) is 1. The third-order valence-electron chi connectivity index (χ3n) is 5.46. The summed E-state index contributed by atoms with van der Waals surface area (Å²) in [6.07, 6.45) is 4.27. The third-order valence-corrected chi connectivity index (χ3v) is 6.73. The lowest BCUT2D eigenvalue weighted by Gasteiger charge is -2.34. The first-order valence-electron chi connectivity index (χ1n) is 12.1. The number of carboxylic acids is 1. The van der Waals surface area contributed by atoms with E-state index >= 15 is 0 Å². The minimum Gasteiger partial charge on any atom is -0.478 e. The molecule has 40 heavy (non-hydrogen) atoms. The van der Waals surface area contributed by atoms with E-state index in [9.17, 15) is 18.4 Å². The molecule has 1 fully saturated rings. The van der Waals surface area contributed by atoms with Crippen LogP contribution in [0, 0.1) is 11.7 Å². The predicted molar refractivity (Wildman–Crippen MR) is 161 cm³/mol. The van der Waals surface area contributed by atoms with Gasteiger partial charge in [-0.3, -0.25) is 19.8 Å². The molecule has 3 heterocycles. The van der Waals surface area contributed by atoms with Crippen molar-refractivity contribution in [2.24, 2.45) is 16.0 Å². The fraction of sp³-hybridized carbons (Fsp3) is 0.385. The van der Waals surface area contributed by atoms with Crippen LogP contribution in [0.25, 0.3) is 0 Å². The minimum absolute atomic E-state index is 0.190. The van der Waals surface area contributed by atoms with Crippen molar-refractivity contribution in [3.8, 4) is 0 Å². The number of hydrogen-bond acceptors (Lipinski definition) is 10. The Labute approximate surface area is 250 Å². The van der Waals surface area contributed by atoms with E-state index in [0.717, 1.165) is 28.4 Å². The monoisotopic (exact) mass is 661 g/mol. The highest BCUT2D eigenvalue weighted by Gasteiger charge is 2.29. The highest BCUT2D eigenvalue weighted by atomic mass is 79.9. The largest absolute Gasteiger partial charge is 0.478 e. The molecule has 2 unspecified atom stereocenters. The lowest BCUT2D eigenvalue weighted by molar-refractivity contribution is -0.131. The average molecular weight is 663 g/mol. The molecule has 220 valence electrons. The summed E-state index contributed by atoms with van der Waals surface area (Å²) in [6, 6.07) is 6.26. The number of hydrogen-bond donors (Lipinski definition) is 4. The van der Waals surface area contributed by atoms with E-state index in [0.29, 0.717) is 36.6 Å². The lowest BCUT2D eigenvalue weighted by atomic mass is 9.94. The van der Waals surface area contributed by atoms with Crippen molar-refractivity contribution in [1.82, 2.24) is 15.2 Å². The maximum Gasteiger partial charge on any atom is 0.327 e. The number of halogens is 3. The zero-order chi connectivity index (χ0) is 29.9. The Morgan fingerprint density at radius 2 is 2.15 bits per heavy atom. The molecule has 4 N–H and O–H groups in total. The fourth-order valence-corrected chi connectivity index (χ4v) is 4.44. The number of carboxylic acid groups (broad SMARTS) is 1. The third kappa shape index (κ3) is 13.2. The number of aldehydes is 1. The van der Waals surface area contributed by atoms with Crippen LogP contribution < -0.4 is 10.5 Å². The van der Waals surface area contributed by atoms with Gasteiger partial charge in [-0.1, -0.05) is 28.1 Å². The molecule has 1 aromatic heterocycles. The van der Waals surface area contributed by atoms with Gasteiger partial charge in [-0.2, -0.15) is 0 Å². The topological polar surface area (TPSA) is 130 Å². The molecule has 2 aliphatic heterocycles. The molecule has 9 nitrogen and oxygen atoms in total. The molecule has 0 saturated carbocycles. The molecule has 0 amide bonds. The molecule has 2 atom stereocenters. The fourth-order valence-electron chi connectivity index (χ4n) is 3.47. The molecule has 0 radical (unpaired) electrons. The second-order valence-electron chi connectivity index (χ2n) is 8.17. The summed E-state index contributed by atoms with van der Waals surface area (Å²) < 4.78 is 31.8.